The van der Waals surface area contributed by atoms with E-state index < -0.39 is 0 Å². The van der Waals surface area contributed by atoms with Crippen molar-refractivity contribution in [2.45, 2.75) is 31.7 Å². The lowest BCUT2D eigenvalue weighted by Gasteiger charge is -2.19. The van der Waals surface area contributed by atoms with Crippen molar-refractivity contribution in [3.63, 3.8) is 0 Å². The Kier molecular flexibility index (Phi) is 2.54. The zero-order valence-corrected chi connectivity index (χ0v) is 9.07. The highest BCUT2D eigenvalue weighted by Gasteiger charge is 2.34. The van der Waals surface area contributed by atoms with Crippen molar-refractivity contribution < 1.29 is 0 Å². The molecule has 1 aromatic heterocycles. The first-order valence-corrected chi connectivity index (χ1v) is 5.26. The van der Waals surface area contributed by atoms with E-state index in [4.69, 9.17) is 0 Å². The molecular weight excluding hydrogens is 176 g/mol. The van der Waals surface area contributed by atoms with Crippen LogP contribution in [0.2, 0.25) is 0 Å². The molecule has 1 saturated carbocycles. The fourth-order valence-electron chi connectivity index (χ4n) is 2.62. The van der Waals surface area contributed by atoms with Gasteiger partial charge < -0.3 is 5.32 Å². The molecule has 1 aliphatic rings. The van der Waals surface area contributed by atoms with Crippen LogP contribution in [0, 0.1) is 5.92 Å². The molecule has 0 aromatic carbocycles. The average Bonchev–Trinajstić information content (AvgIpc) is 2.72. The summed E-state index contributed by atoms with van der Waals surface area (Å²) >= 11 is 0. The van der Waals surface area contributed by atoms with Crippen LogP contribution in [0.3, 0.4) is 0 Å². The maximum atomic E-state index is 3.99. The van der Waals surface area contributed by atoms with Gasteiger partial charge in [0.25, 0.3) is 0 Å². The molecule has 4 heteroatoms. The second-order valence-corrected chi connectivity index (χ2v) is 4.22. The summed E-state index contributed by atoms with van der Waals surface area (Å²) in [6.07, 6.45) is 4.40. The van der Waals surface area contributed by atoms with Crippen LogP contribution >= 0.6 is 0 Å². The molecule has 78 valence electrons. The summed E-state index contributed by atoms with van der Waals surface area (Å²) in [7, 11) is 4.02. The Morgan fingerprint density at radius 2 is 2.29 bits per heavy atom. The van der Waals surface area contributed by atoms with E-state index >= 15 is 0 Å². The molecule has 3 unspecified atom stereocenters. The third-order valence-electron chi connectivity index (χ3n) is 3.56. The van der Waals surface area contributed by atoms with Gasteiger partial charge >= 0.3 is 0 Å². The molecule has 1 aromatic rings. The zero-order chi connectivity index (χ0) is 10.1. The lowest BCUT2D eigenvalue weighted by atomic mass is 9.93. The van der Waals surface area contributed by atoms with E-state index in [1.807, 2.05) is 25.0 Å². The van der Waals surface area contributed by atoms with Gasteiger partial charge in [-0.3, -0.25) is 4.68 Å². The summed E-state index contributed by atoms with van der Waals surface area (Å²) in [6, 6.07) is 0.648. The van der Waals surface area contributed by atoms with Crippen molar-refractivity contribution >= 4 is 0 Å². The van der Waals surface area contributed by atoms with E-state index in [2.05, 4.69) is 22.6 Å². The van der Waals surface area contributed by atoms with Crippen LogP contribution in [0.5, 0.6) is 0 Å². The molecule has 0 radical (unpaired) electrons. The Balaban J connectivity index is 2.18. The summed E-state index contributed by atoms with van der Waals surface area (Å²) in [6.45, 7) is 2.31. The molecule has 0 amide bonds. The number of nitrogens with zero attached hydrogens (tertiary/aromatic N) is 3. The molecule has 1 N–H and O–H groups in total. The minimum Gasteiger partial charge on any atom is -0.317 e. The monoisotopic (exact) mass is 194 g/mol. The number of hydrogen-bond acceptors (Lipinski definition) is 3. The summed E-state index contributed by atoms with van der Waals surface area (Å²) in [5.74, 6) is 1.30. The number of aromatic nitrogens is 3. The molecule has 0 bridgehead atoms. The highest BCUT2D eigenvalue weighted by molar-refractivity contribution is 5.09. The molecule has 14 heavy (non-hydrogen) atoms. The first-order valence-electron chi connectivity index (χ1n) is 5.26. The lowest BCUT2D eigenvalue weighted by Crippen LogP contribution is -2.29. The molecule has 2 rings (SSSR count). The van der Waals surface area contributed by atoms with Gasteiger partial charge in [0.1, 0.15) is 0 Å². The van der Waals surface area contributed by atoms with Crippen LogP contribution in [-0.4, -0.2) is 28.1 Å². The van der Waals surface area contributed by atoms with Crippen LogP contribution in [0.4, 0.5) is 0 Å². The van der Waals surface area contributed by atoms with E-state index in [-0.39, 0.29) is 0 Å². The van der Waals surface area contributed by atoms with Crippen molar-refractivity contribution in [1.29, 1.82) is 0 Å². The van der Waals surface area contributed by atoms with E-state index in [1.54, 1.807) is 0 Å². The predicted molar refractivity (Wildman–Crippen MR) is 55.0 cm³/mol. The third-order valence-corrected chi connectivity index (χ3v) is 3.56. The second kappa shape index (κ2) is 3.69. The summed E-state index contributed by atoms with van der Waals surface area (Å²) in [4.78, 5) is 0. The molecule has 1 heterocycles. The van der Waals surface area contributed by atoms with Gasteiger partial charge in [0.05, 0.1) is 11.9 Å². The summed E-state index contributed by atoms with van der Waals surface area (Å²) in [5.41, 5.74) is 1.27. The topological polar surface area (TPSA) is 42.7 Å². The van der Waals surface area contributed by atoms with Crippen LogP contribution in [0.25, 0.3) is 0 Å². The first kappa shape index (κ1) is 9.65. The van der Waals surface area contributed by atoms with Gasteiger partial charge in [-0.05, 0) is 25.8 Å². The van der Waals surface area contributed by atoms with Gasteiger partial charge in [0.15, 0.2) is 0 Å². The minimum absolute atomic E-state index is 0.618. The van der Waals surface area contributed by atoms with Crippen LogP contribution < -0.4 is 5.32 Å². The molecule has 0 aliphatic heterocycles. The predicted octanol–water partition coefficient (Wildman–Crippen LogP) is 0.917. The van der Waals surface area contributed by atoms with Gasteiger partial charge in [-0.15, -0.1) is 5.10 Å². The maximum Gasteiger partial charge on any atom is 0.0728 e. The Labute approximate surface area is 84.7 Å². The standard InChI is InChI=1S/C10H18N4/c1-7-8(4-5-9(7)11-2)10-6-12-13-14(10)3/h6-9,11H,4-5H2,1-3H3. The van der Waals surface area contributed by atoms with Crippen LogP contribution in [0.1, 0.15) is 31.4 Å². The Morgan fingerprint density at radius 3 is 2.79 bits per heavy atom. The third kappa shape index (κ3) is 1.43. The quantitative estimate of drug-likeness (QED) is 0.761. The number of aryl methyl sites for hydroxylation is 1. The molecule has 0 saturated heterocycles. The van der Waals surface area contributed by atoms with E-state index in [9.17, 15) is 0 Å². The fraction of sp³-hybridized carbons (Fsp3) is 0.800. The fourth-order valence-corrected chi connectivity index (χ4v) is 2.62. The smallest absolute Gasteiger partial charge is 0.0728 e. The highest BCUT2D eigenvalue weighted by Crippen LogP contribution is 2.38. The summed E-state index contributed by atoms with van der Waals surface area (Å²) < 4.78 is 1.90. The van der Waals surface area contributed by atoms with E-state index in [1.165, 1.54) is 18.5 Å². The average molecular weight is 194 g/mol. The molecule has 1 fully saturated rings. The van der Waals surface area contributed by atoms with Crippen molar-refractivity contribution in [2.24, 2.45) is 13.0 Å². The van der Waals surface area contributed by atoms with Gasteiger partial charge in [0, 0.05) is 19.0 Å². The molecule has 0 spiro atoms. The second-order valence-electron chi connectivity index (χ2n) is 4.22. The molecular formula is C10H18N4. The zero-order valence-electron chi connectivity index (χ0n) is 9.07. The Bertz CT molecular complexity index is 307. The number of rotatable bonds is 2. The number of hydrogen-bond donors (Lipinski definition) is 1. The largest absolute Gasteiger partial charge is 0.317 e. The molecule has 4 nitrogen and oxygen atoms in total. The minimum atomic E-state index is 0.618. The van der Waals surface area contributed by atoms with E-state index in [0.29, 0.717) is 17.9 Å². The van der Waals surface area contributed by atoms with Gasteiger partial charge in [-0.25, -0.2) is 0 Å². The van der Waals surface area contributed by atoms with Crippen LogP contribution in [0.15, 0.2) is 6.20 Å². The number of nitrogens with one attached hydrogen (secondary N) is 1. The van der Waals surface area contributed by atoms with E-state index in [0.717, 1.165) is 0 Å². The molecule has 1 aliphatic carbocycles. The van der Waals surface area contributed by atoms with Gasteiger partial charge in [-0.2, -0.15) is 0 Å². The SMILES string of the molecule is CNC1CCC(c2cnnn2C)C1C. The normalized spacial score (nSPS) is 32.4. The van der Waals surface area contributed by atoms with Gasteiger partial charge in [-0.1, -0.05) is 12.1 Å². The Morgan fingerprint density at radius 1 is 1.50 bits per heavy atom. The maximum absolute atomic E-state index is 3.99. The van der Waals surface area contributed by atoms with Crippen molar-refractivity contribution in [2.75, 3.05) is 7.05 Å². The molecule has 3 atom stereocenters. The van der Waals surface area contributed by atoms with Crippen molar-refractivity contribution in [1.82, 2.24) is 20.3 Å². The van der Waals surface area contributed by atoms with Crippen molar-refractivity contribution in [3.05, 3.63) is 11.9 Å². The Hall–Kier alpha value is -0.900. The van der Waals surface area contributed by atoms with Crippen LogP contribution in [-0.2, 0) is 7.05 Å². The highest BCUT2D eigenvalue weighted by atomic mass is 15.4. The van der Waals surface area contributed by atoms with Gasteiger partial charge in [0.2, 0.25) is 0 Å². The lowest BCUT2D eigenvalue weighted by molar-refractivity contribution is 0.416. The summed E-state index contributed by atoms with van der Waals surface area (Å²) in [5, 5.41) is 11.3. The first-order chi connectivity index (χ1) is 6.74. The van der Waals surface area contributed by atoms with Crippen molar-refractivity contribution in [3.8, 4) is 0 Å².